The molecule has 0 saturated carbocycles. The number of hydrogen-bond acceptors (Lipinski definition) is 6. The van der Waals surface area contributed by atoms with E-state index in [0.29, 0.717) is 16.9 Å². The molecular weight excluding hydrogens is 673 g/mol. The summed E-state index contributed by atoms with van der Waals surface area (Å²) in [4.78, 5) is 20.7. The summed E-state index contributed by atoms with van der Waals surface area (Å²) in [6.07, 6.45) is 3.20. The maximum atomic E-state index is 10.0. The van der Waals surface area contributed by atoms with E-state index in [4.69, 9.17) is 14.5 Å². The number of aryl methyl sites for hydroxylation is 1. The molecule has 0 bridgehead atoms. The smallest absolute Gasteiger partial charge is 0.216 e. The van der Waals surface area contributed by atoms with Gasteiger partial charge in [0.1, 0.15) is 0 Å². The predicted octanol–water partition coefficient (Wildman–Crippen LogP) is 8.14. The van der Waals surface area contributed by atoms with Crippen LogP contribution in [0, 0.1) is 13.0 Å². The Morgan fingerprint density at radius 1 is 1.11 bits per heavy atom. The molecule has 1 N–H and O–H groups in total. The molecule has 2 unspecified atom stereocenters. The second kappa shape index (κ2) is 11.6. The van der Waals surface area contributed by atoms with Gasteiger partial charge in [-0.15, -0.1) is 30.0 Å². The van der Waals surface area contributed by atoms with Crippen molar-refractivity contribution in [2.24, 2.45) is 0 Å². The Morgan fingerprint density at radius 2 is 1.87 bits per heavy atom. The van der Waals surface area contributed by atoms with Crippen molar-refractivity contribution in [1.29, 1.82) is 0 Å². The van der Waals surface area contributed by atoms with Crippen molar-refractivity contribution < 1.29 is 34.4 Å². The fraction of sp³-hybridized carbons (Fsp3) is 0.194. The van der Waals surface area contributed by atoms with Crippen LogP contribution in [0.1, 0.15) is 48.8 Å². The molecule has 1 aliphatic rings. The Labute approximate surface area is 239 Å². The SMILES string of the molecule is CC(=O)/C=C(/C)O.Cc1ccc2c(n1)oc1c(-c3cc4c(cn3)C(C)C(c3ccccc3)S4)[c-]ccc12.[Ir]. The van der Waals surface area contributed by atoms with Gasteiger partial charge in [0.2, 0.25) is 5.71 Å². The minimum atomic E-state index is -0.125. The third-order valence-corrected chi connectivity index (χ3v) is 7.87. The first kappa shape index (κ1) is 27.8. The maximum Gasteiger partial charge on any atom is 0.216 e. The Balaban J connectivity index is 0.000000375. The van der Waals surface area contributed by atoms with Crippen LogP contribution < -0.4 is 0 Å². The van der Waals surface area contributed by atoms with E-state index in [0.717, 1.165) is 33.3 Å². The molecule has 2 aromatic carbocycles. The molecule has 5 nitrogen and oxygen atoms in total. The summed E-state index contributed by atoms with van der Waals surface area (Å²) >= 11 is 1.92. The summed E-state index contributed by atoms with van der Waals surface area (Å²) in [6.45, 7) is 7.11. The van der Waals surface area contributed by atoms with Crippen molar-refractivity contribution in [2.45, 2.75) is 43.8 Å². The zero-order chi connectivity index (χ0) is 26.1. The standard InChI is InChI=1S/C26H19N2OS.C5H8O2.Ir/c1-15-11-12-19-18-9-6-10-20(24(18)29-26(19)28-15)22-13-23-21(14-27-22)16(2)25(30-23)17-7-4-3-5-8-17;1-4(6)3-5(2)7;/h3-9,11-14,16,25H,1-2H3;3,6H,1-2H3;/q-1;;/b;4-3-;. The molecule has 0 amide bonds. The Bertz CT molecular complexity index is 1640. The number of hydrogen-bond donors (Lipinski definition) is 1. The molecule has 4 heterocycles. The maximum absolute atomic E-state index is 10.0. The Hall–Kier alpha value is -3.25. The van der Waals surface area contributed by atoms with Crippen molar-refractivity contribution in [3.63, 3.8) is 0 Å². The van der Waals surface area contributed by atoms with Gasteiger partial charge in [-0.1, -0.05) is 54.3 Å². The van der Waals surface area contributed by atoms with E-state index < -0.39 is 0 Å². The zero-order valence-corrected chi connectivity index (χ0v) is 24.7. The Morgan fingerprint density at radius 3 is 2.55 bits per heavy atom. The van der Waals surface area contributed by atoms with Crippen LogP contribution in [0.15, 0.2) is 88.0 Å². The minimum absolute atomic E-state index is 0. The zero-order valence-electron chi connectivity index (χ0n) is 21.5. The Kier molecular flexibility index (Phi) is 8.51. The number of ketones is 1. The van der Waals surface area contributed by atoms with Crippen LogP contribution in [0.3, 0.4) is 0 Å². The van der Waals surface area contributed by atoms with E-state index >= 15 is 0 Å². The molecule has 38 heavy (non-hydrogen) atoms. The number of carbonyl (C=O) groups is 1. The summed E-state index contributed by atoms with van der Waals surface area (Å²) in [5.74, 6) is 0.361. The van der Waals surface area contributed by atoms with Gasteiger partial charge >= 0.3 is 0 Å². The number of pyridine rings is 2. The first-order valence-corrected chi connectivity index (χ1v) is 13.0. The third-order valence-electron chi connectivity index (χ3n) is 6.33. The number of carbonyl (C=O) groups excluding carboxylic acids is 1. The van der Waals surface area contributed by atoms with E-state index in [1.165, 1.54) is 35.9 Å². The van der Waals surface area contributed by atoms with Crippen LogP contribution in [0.4, 0.5) is 0 Å². The van der Waals surface area contributed by atoms with Crippen molar-refractivity contribution in [3.8, 4) is 11.3 Å². The number of aromatic nitrogens is 2. The van der Waals surface area contributed by atoms with Crippen LogP contribution in [0.2, 0.25) is 0 Å². The van der Waals surface area contributed by atoms with Crippen molar-refractivity contribution in [2.75, 3.05) is 0 Å². The number of nitrogens with zero attached hydrogens (tertiary/aromatic N) is 2. The number of benzene rings is 2. The van der Waals surface area contributed by atoms with Gasteiger partial charge in [0, 0.05) is 53.6 Å². The van der Waals surface area contributed by atoms with Gasteiger partial charge in [0.05, 0.1) is 11.3 Å². The van der Waals surface area contributed by atoms with Gasteiger partial charge in [0.25, 0.3) is 0 Å². The first-order chi connectivity index (χ1) is 17.8. The topological polar surface area (TPSA) is 76.2 Å². The molecule has 195 valence electrons. The summed E-state index contributed by atoms with van der Waals surface area (Å²) in [5, 5.41) is 10.9. The molecule has 0 spiro atoms. The van der Waals surface area contributed by atoms with Gasteiger partial charge in [-0.25, -0.2) is 4.98 Å². The molecular formula is C31H27IrN2O3S-. The molecule has 1 aliphatic heterocycles. The summed E-state index contributed by atoms with van der Waals surface area (Å²) in [7, 11) is 0. The van der Waals surface area contributed by atoms with E-state index in [1.54, 1.807) is 0 Å². The van der Waals surface area contributed by atoms with E-state index in [9.17, 15) is 4.79 Å². The average molecular weight is 700 g/mol. The quantitative estimate of drug-likeness (QED) is 0.117. The fourth-order valence-corrected chi connectivity index (χ4v) is 6.10. The minimum Gasteiger partial charge on any atom is -0.512 e. The molecule has 6 rings (SSSR count). The normalized spacial score (nSPS) is 16.5. The average Bonchev–Trinajstić information content (AvgIpc) is 3.40. The largest absolute Gasteiger partial charge is 0.512 e. The molecule has 0 fully saturated rings. The molecule has 7 heteroatoms. The van der Waals surface area contributed by atoms with E-state index in [1.807, 2.05) is 43.1 Å². The van der Waals surface area contributed by atoms with Crippen molar-refractivity contribution >= 4 is 39.6 Å². The molecule has 0 saturated heterocycles. The fourth-order valence-electron chi connectivity index (χ4n) is 4.63. The second-order valence-corrected chi connectivity index (χ2v) is 10.4. The van der Waals surface area contributed by atoms with Gasteiger partial charge < -0.3 is 14.5 Å². The molecule has 2 atom stereocenters. The number of thioether (sulfide) groups is 1. The molecule has 1 radical (unpaired) electrons. The van der Waals surface area contributed by atoms with Gasteiger partial charge in [-0.3, -0.25) is 4.79 Å². The van der Waals surface area contributed by atoms with Gasteiger partial charge in [0.15, 0.2) is 5.78 Å². The van der Waals surface area contributed by atoms with E-state index in [2.05, 4.69) is 60.4 Å². The van der Waals surface area contributed by atoms with Crippen molar-refractivity contribution in [3.05, 3.63) is 102 Å². The van der Waals surface area contributed by atoms with Gasteiger partial charge in [-0.2, -0.15) is 0 Å². The molecule has 0 aliphatic carbocycles. The van der Waals surface area contributed by atoms with Crippen LogP contribution in [0.5, 0.6) is 0 Å². The number of rotatable bonds is 3. The number of allylic oxidation sites excluding steroid dienone is 2. The summed E-state index contributed by atoms with van der Waals surface area (Å²) in [6, 6.07) is 24.4. The van der Waals surface area contributed by atoms with Gasteiger partial charge in [-0.05, 0) is 55.6 Å². The summed E-state index contributed by atoms with van der Waals surface area (Å²) < 4.78 is 6.16. The number of furan rings is 1. The number of fused-ring (bicyclic) bond motifs is 4. The van der Waals surface area contributed by atoms with Crippen LogP contribution in [0.25, 0.3) is 33.3 Å². The van der Waals surface area contributed by atoms with Crippen LogP contribution in [-0.4, -0.2) is 20.9 Å². The molecule has 5 aromatic rings. The van der Waals surface area contributed by atoms with Crippen molar-refractivity contribution in [1.82, 2.24) is 9.97 Å². The predicted molar refractivity (Wildman–Crippen MR) is 149 cm³/mol. The first-order valence-electron chi connectivity index (χ1n) is 12.1. The number of aliphatic hydroxyl groups excluding tert-OH is 1. The monoisotopic (exact) mass is 700 g/mol. The number of aliphatic hydroxyl groups is 1. The van der Waals surface area contributed by atoms with Crippen LogP contribution in [-0.2, 0) is 24.9 Å². The van der Waals surface area contributed by atoms with Crippen LogP contribution >= 0.6 is 11.8 Å². The molecule has 3 aromatic heterocycles. The second-order valence-electron chi connectivity index (χ2n) is 9.24. The third kappa shape index (κ3) is 5.60. The van der Waals surface area contributed by atoms with E-state index in [-0.39, 0.29) is 31.6 Å². The summed E-state index contributed by atoms with van der Waals surface area (Å²) in [5.41, 5.74) is 6.87.